The summed E-state index contributed by atoms with van der Waals surface area (Å²) in [6.07, 6.45) is 1.95. The van der Waals surface area contributed by atoms with Gasteiger partial charge in [-0.3, -0.25) is 4.99 Å². The molecule has 1 aliphatic rings. The fraction of sp³-hybridized carbons (Fsp3) is 0.500. The number of anilines is 1. The lowest BCUT2D eigenvalue weighted by Crippen LogP contribution is -2.44. The third-order valence-electron chi connectivity index (χ3n) is 4.60. The minimum absolute atomic E-state index is 0. The van der Waals surface area contributed by atoms with Crippen LogP contribution in [0.5, 0.6) is 5.75 Å². The molecular formula is C20H30IN5OS. The van der Waals surface area contributed by atoms with Crippen LogP contribution in [0.4, 0.5) is 5.69 Å². The van der Waals surface area contributed by atoms with E-state index in [0.29, 0.717) is 6.04 Å². The zero-order valence-electron chi connectivity index (χ0n) is 16.8. The van der Waals surface area contributed by atoms with Gasteiger partial charge in [0.05, 0.1) is 23.5 Å². The van der Waals surface area contributed by atoms with Crippen molar-refractivity contribution in [3.05, 3.63) is 40.3 Å². The first-order valence-corrected chi connectivity index (χ1v) is 10.4. The van der Waals surface area contributed by atoms with E-state index in [0.717, 1.165) is 67.1 Å². The monoisotopic (exact) mass is 515 g/mol. The third-order valence-corrected chi connectivity index (χ3v) is 5.43. The summed E-state index contributed by atoms with van der Waals surface area (Å²) >= 11 is 1.69. The zero-order valence-corrected chi connectivity index (χ0v) is 19.9. The number of para-hydroxylation sites is 2. The second-order valence-electron chi connectivity index (χ2n) is 6.62. The minimum atomic E-state index is 0. The molecule has 154 valence electrons. The number of hydrogen-bond acceptors (Lipinski definition) is 5. The van der Waals surface area contributed by atoms with Gasteiger partial charge in [-0.2, -0.15) is 0 Å². The molecule has 0 amide bonds. The molecule has 2 aromatic rings. The molecule has 1 aromatic heterocycles. The van der Waals surface area contributed by atoms with E-state index < -0.39 is 0 Å². The molecule has 1 aliphatic heterocycles. The molecule has 0 bridgehead atoms. The van der Waals surface area contributed by atoms with Crippen molar-refractivity contribution < 1.29 is 4.74 Å². The molecule has 0 aliphatic carbocycles. The van der Waals surface area contributed by atoms with Crippen LogP contribution in [0.15, 0.2) is 34.6 Å². The topological polar surface area (TPSA) is 61.8 Å². The van der Waals surface area contributed by atoms with Crippen molar-refractivity contribution in [1.82, 2.24) is 15.6 Å². The van der Waals surface area contributed by atoms with Crippen molar-refractivity contribution in [1.29, 1.82) is 0 Å². The Balaban J connectivity index is 0.00000280. The van der Waals surface area contributed by atoms with E-state index in [-0.39, 0.29) is 24.0 Å². The standard InChI is InChI=1S/C20H29N5OS.HI/c1-4-21-20(22-11-9-17-14-27-15(2)23-17)24-16-10-12-25(13-16)18-7-5-6-8-19(18)26-3;/h5-8,14,16H,4,9-13H2,1-3H3,(H2,21,22,24);1H. The summed E-state index contributed by atoms with van der Waals surface area (Å²) in [6, 6.07) is 8.57. The highest BCUT2D eigenvalue weighted by Crippen LogP contribution is 2.30. The Morgan fingerprint density at radius 3 is 2.93 bits per heavy atom. The van der Waals surface area contributed by atoms with Crippen LogP contribution in [-0.4, -0.2) is 50.3 Å². The number of guanidine groups is 1. The highest BCUT2D eigenvalue weighted by molar-refractivity contribution is 14.0. The van der Waals surface area contributed by atoms with Crippen molar-refractivity contribution >= 4 is 47.0 Å². The highest BCUT2D eigenvalue weighted by Gasteiger charge is 2.25. The van der Waals surface area contributed by atoms with Crippen LogP contribution in [0.1, 0.15) is 24.0 Å². The Morgan fingerprint density at radius 1 is 1.39 bits per heavy atom. The fourth-order valence-electron chi connectivity index (χ4n) is 3.31. The number of nitrogens with one attached hydrogen (secondary N) is 2. The van der Waals surface area contributed by atoms with Crippen LogP contribution in [0, 0.1) is 6.92 Å². The molecule has 3 rings (SSSR count). The summed E-state index contributed by atoms with van der Waals surface area (Å²) in [7, 11) is 1.73. The molecule has 1 unspecified atom stereocenters. The molecule has 8 heteroatoms. The van der Waals surface area contributed by atoms with Crippen LogP contribution in [0.2, 0.25) is 0 Å². The molecule has 2 N–H and O–H groups in total. The predicted octanol–water partition coefficient (Wildman–Crippen LogP) is 3.45. The number of rotatable bonds is 7. The van der Waals surface area contributed by atoms with Gasteiger partial charge in [0, 0.05) is 44.0 Å². The first kappa shape index (κ1) is 22.7. The SMILES string of the molecule is CCNC(=NCCc1csc(C)n1)NC1CCN(c2ccccc2OC)C1.I. The first-order chi connectivity index (χ1) is 13.2. The second kappa shape index (κ2) is 11.5. The summed E-state index contributed by atoms with van der Waals surface area (Å²) in [5, 5.41) is 10.2. The Kier molecular flexibility index (Phi) is 9.30. The number of nitrogens with zero attached hydrogens (tertiary/aromatic N) is 3. The maximum atomic E-state index is 5.51. The number of aliphatic imine (C=N–C) groups is 1. The van der Waals surface area contributed by atoms with Gasteiger partial charge in [0.1, 0.15) is 5.75 Å². The van der Waals surface area contributed by atoms with Gasteiger partial charge in [-0.1, -0.05) is 12.1 Å². The maximum absolute atomic E-state index is 5.51. The van der Waals surface area contributed by atoms with Crippen LogP contribution >= 0.6 is 35.3 Å². The molecule has 2 heterocycles. The molecule has 1 fully saturated rings. The van der Waals surface area contributed by atoms with E-state index in [1.54, 1.807) is 18.4 Å². The number of hydrogen-bond donors (Lipinski definition) is 2. The molecule has 0 radical (unpaired) electrons. The van der Waals surface area contributed by atoms with Crippen molar-refractivity contribution in [3.63, 3.8) is 0 Å². The van der Waals surface area contributed by atoms with Gasteiger partial charge in [0.25, 0.3) is 0 Å². The maximum Gasteiger partial charge on any atom is 0.191 e. The molecule has 1 atom stereocenters. The summed E-state index contributed by atoms with van der Waals surface area (Å²) in [5.41, 5.74) is 2.28. The average Bonchev–Trinajstić information content (AvgIpc) is 3.31. The number of aromatic nitrogens is 1. The number of benzene rings is 1. The van der Waals surface area contributed by atoms with Gasteiger partial charge in [0.2, 0.25) is 0 Å². The Hall–Kier alpha value is -1.55. The lowest BCUT2D eigenvalue weighted by molar-refractivity contribution is 0.415. The van der Waals surface area contributed by atoms with Crippen molar-refractivity contribution in [2.75, 3.05) is 38.2 Å². The molecule has 28 heavy (non-hydrogen) atoms. The van der Waals surface area contributed by atoms with Gasteiger partial charge >= 0.3 is 0 Å². The van der Waals surface area contributed by atoms with Gasteiger partial charge in [-0.05, 0) is 32.4 Å². The van der Waals surface area contributed by atoms with E-state index in [1.807, 2.05) is 19.1 Å². The van der Waals surface area contributed by atoms with Crippen LogP contribution in [-0.2, 0) is 6.42 Å². The Bertz CT molecular complexity index is 767. The van der Waals surface area contributed by atoms with E-state index in [1.165, 1.54) is 0 Å². The lowest BCUT2D eigenvalue weighted by Gasteiger charge is -2.22. The predicted molar refractivity (Wildman–Crippen MR) is 129 cm³/mol. The Labute approximate surface area is 188 Å². The zero-order chi connectivity index (χ0) is 19.1. The highest BCUT2D eigenvalue weighted by atomic mass is 127. The van der Waals surface area contributed by atoms with Crippen LogP contribution < -0.4 is 20.3 Å². The fourth-order valence-corrected chi connectivity index (χ4v) is 3.95. The van der Waals surface area contributed by atoms with E-state index in [2.05, 4.69) is 45.0 Å². The van der Waals surface area contributed by atoms with Gasteiger partial charge in [-0.25, -0.2) is 4.98 Å². The van der Waals surface area contributed by atoms with Crippen molar-refractivity contribution in [2.45, 2.75) is 32.7 Å². The summed E-state index contributed by atoms with van der Waals surface area (Å²) in [6.45, 7) is 7.67. The van der Waals surface area contributed by atoms with Crippen LogP contribution in [0.25, 0.3) is 0 Å². The van der Waals surface area contributed by atoms with Gasteiger partial charge < -0.3 is 20.3 Å². The minimum Gasteiger partial charge on any atom is -0.495 e. The Morgan fingerprint density at radius 2 is 2.21 bits per heavy atom. The van der Waals surface area contributed by atoms with E-state index >= 15 is 0 Å². The third kappa shape index (κ3) is 6.23. The molecule has 6 nitrogen and oxygen atoms in total. The second-order valence-corrected chi connectivity index (χ2v) is 7.68. The normalized spacial score (nSPS) is 16.6. The van der Waals surface area contributed by atoms with Gasteiger partial charge in [-0.15, -0.1) is 35.3 Å². The number of aryl methyl sites for hydroxylation is 1. The molecular weight excluding hydrogens is 485 g/mol. The summed E-state index contributed by atoms with van der Waals surface area (Å²) < 4.78 is 5.51. The molecule has 0 spiro atoms. The van der Waals surface area contributed by atoms with Crippen LogP contribution in [0.3, 0.4) is 0 Å². The first-order valence-electron chi connectivity index (χ1n) is 9.53. The average molecular weight is 515 g/mol. The number of methoxy groups -OCH3 is 1. The smallest absolute Gasteiger partial charge is 0.191 e. The van der Waals surface area contributed by atoms with E-state index in [9.17, 15) is 0 Å². The number of thiazole rings is 1. The molecule has 1 aromatic carbocycles. The lowest BCUT2D eigenvalue weighted by atomic mass is 10.2. The summed E-state index contributed by atoms with van der Waals surface area (Å²) in [4.78, 5) is 11.6. The summed E-state index contributed by atoms with van der Waals surface area (Å²) in [5.74, 6) is 1.81. The van der Waals surface area contributed by atoms with Gasteiger partial charge in [0.15, 0.2) is 5.96 Å². The number of ether oxygens (including phenoxy) is 1. The van der Waals surface area contributed by atoms with E-state index in [4.69, 9.17) is 9.73 Å². The molecule has 0 saturated carbocycles. The quantitative estimate of drug-likeness (QED) is 0.336. The number of halogens is 1. The van der Waals surface area contributed by atoms with Crippen molar-refractivity contribution in [3.8, 4) is 5.75 Å². The molecule has 1 saturated heterocycles. The van der Waals surface area contributed by atoms with Crippen molar-refractivity contribution in [2.24, 2.45) is 4.99 Å². The largest absolute Gasteiger partial charge is 0.495 e.